The van der Waals surface area contributed by atoms with Gasteiger partial charge in [-0.1, -0.05) is 11.6 Å². The van der Waals surface area contributed by atoms with Crippen LogP contribution in [0.25, 0.3) is 0 Å². The van der Waals surface area contributed by atoms with Crippen molar-refractivity contribution in [2.75, 3.05) is 6.54 Å². The Bertz CT molecular complexity index is 365. The van der Waals surface area contributed by atoms with Gasteiger partial charge >= 0.3 is 6.18 Å². The van der Waals surface area contributed by atoms with Gasteiger partial charge in [-0.25, -0.2) is 4.39 Å². The van der Waals surface area contributed by atoms with Crippen LogP contribution in [0, 0.1) is 5.82 Å². The molecule has 0 heterocycles. The van der Waals surface area contributed by atoms with Gasteiger partial charge in [0.2, 0.25) is 0 Å². The van der Waals surface area contributed by atoms with Crippen LogP contribution in [0.15, 0.2) is 18.2 Å². The van der Waals surface area contributed by atoms with Gasteiger partial charge in [0.15, 0.2) is 0 Å². The lowest BCUT2D eigenvalue weighted by Crippen LogP contribution is -2.18. The predicted octanol–water partition coefficient (Wildman–Crippen LogP) is 3.91. The molecule has 0 aromatic heterocycles. The second-order valence-electron chi connectivity index (χ2n) is 3.63. The van der Waals surface area contributed by atoms with Gasteiger partial charge in [0, 0.05) is 18.0 Å². The van der Waals surface area contributed by atoms with E-state index in [1.807, 2.05) is 0 Å². The molecular weight excluding hydrogens is 258 g/mol. The zero-order valence-electron chi connectivity index (χ0n) is 8.95. The third-order valence-corrected chi connectivity index (χ3v) is 2.51. The van der Waals surface area contributed by atoms with E-state index in [1.165, 1.54) is 18.2 Å². The standard InChI is InChI=1S/C11H12ClF4N/c12-10-3-2-9(13)6-8(10)7-17-5-1-4-11(14,15)16/h2-3,6,17H,1,4-5,7H2. The summed E-state index contributed by atoms with van der Waals surface area (Å²) in [6.07, 6.45) is -4.95. The average molecular weight is 270 g/mol. The van der Waals surface area contributed by atoms with E-state index >= 15 is 0 Å². The molecule has 1 rings (SSSR count). The summed E-state index contributed by atoms with van der Waals surface area (Å²) in [6.45, 7) is 0.473. The summed E-state index contributed by atoms with van der Waals surface area (Å²) in [4.78, 5) is 0. The van der Waals surface area contributed by atoms with Gasteiger partial charge in [0.25, 0.3) is 0 Å². The number of nitrogens with one attached hydrogen (secondary N) is 1. The van der Waals surface area contributed by atoms with Crippen LogP contribution in [0.4, 0.5) is 17.6 Å². The van der Waals surface area contributed by atoms with Gasteiger partial charge in [-0.2, -0.15) is 13.2 Å². The smallest absolute Gasteiger partial charge is 0.313 e. The van der Waals surface area contributed by atoms with Crippen molar-refractivity contribution in [3.63, 3.8) is 0 Å². The number of benzene rings is 1. The molecule has 1 aromatic carbocycles. The van der Waals surface area contributed by atoms with E-state index in [0.717, 1.165) is 0 Å². The fourth-order valence-corrected chi connectivity index (χ4v) is 1.50. The molecule has 0 aliphatic carbocycles. The van der Waals surface area contributed by atoms with Crippen LogP contribution in [0.5, 0.6) is 0 Å². The summed E-state index contributed by atoms with van der Waals surface area (Å²) in [6, 6.07) is 3.91. The molecule has 0 saturated carbocycles. The molecule has 17 heavy (non-hydrogen) atoms. The fourth-order valence-electron chi connectivity index (χ4n) is 1.32. The topological polar surface area (TPSA) is 12.0 Å². The molecule has 0 fully saturated rings. The minimum atomic E-state index is -4.13. The first kappa shape index (κ1) is 14.3. The summed E-state index contributed by atoms with van der Waals surface area (Å²) in [7, 11) is 0. The molecule has 0 unspecified atom stereocenters. The molecule has 0 amide bonds. The van der Waals surface area contributed by atoms with Crippen molar-refractivity contribution < 1.29 is 17.6 Å². The molecule has 0 bridgehead atoms. The highest BCUT2D eigenvalue weighted by atomic mass is 35.5. The highest BCUT2D eigenvalue weighted by molar-refractivity contribution is 6.31. The second kappa shape index (κ2) is 6.21. The molecule has 0 aliphatic rings. The zero-order valence-corrected chi connectivity index (χ0v) is 9.71. The SMILES string of the molecule is Fc1ccc(Cl)c(CNCCCC(F)(F)F)c1. The van der Waals surface area contributed by atoms with E-state index in [0.29, 0.717) is 10.6 Å². The molecule has 0 atom stereocenters. The zero-order chi connectivity index (χ0) is 12.9. The van der Waals surface area contributed by atoms with E-state index in [2.05, 4.69) is 5.32 Å². The first-order valence-electron chi connectivity index (χ1n) is 5.10. The largest absolute Gasteiger partial charge is 0.389 e. The number of hydrogen-bond donors (Lipinski definition) is 1. The molecule has 1 aromatic rings. The van der Waals surface area contributed by atoms with Crippen LogP contribution in [0.1, 0.15) is 18.4 Å². The Labute approximate surface area is 102 Å². The number of alkyl halides is 3. The van der Waals surface area contributed by atoms with Crippen LogP contribution in [-0.4, -0.2) is 12.7 Å². The predicted molar refractivity (Wildman–Crippen MR) is 58.4 cm³/mol. The average Bonchev–Trinajstić information content (AvgIpc) is 2.21. The van der Waals surface area contributed by atoms with Gasteiger partial charge in [-0.05, 0) is 36.7 Å². The highest BCUT2D eigenvalue weighted by Crippen LogP contribution is 2.21. The molecular formula is C11H12ClF4N. The Morgan fingerprint density at radius 3 is 2.59 bits per heavy atom. The fraction of sp³-hybridized carbons (Fsp3) is 0.455. The maximum absolute atomic E-state index is 12.8. The number of halogens is 5. The van der Waals surface area contributed by atoms with Crippen LogP contribution in [-0.2, 0) is 6.54 Å². The first-order valence-corrected chi connectivity index (χ1v) is 5.48. The Kier molecular flexibility index (Phi) is 5.21. The molecule has 0 spiro atoms. The lowest BCUT2D eigenvalue weighted by atomic mass is 10.2. The summed E-state index contributed by atoms with van der Waals surface area (Å²) in [5.41, 5.74) is 0.540. The van der Waals surface area contributed by atoms with E-state index in [9.17, 15) is 17.6 Å². The molecule has 0 aliphatic heterocycles. The van der Waals surface area contributed by atoms with Gasteiger partial charge in [0.05, 0.1) is 0 Å². The van der Waals surface area contributed by atoms with Crippen molar-refractivity contribution in [2.24, 2.45) is 0 Å². The van der Waals surface area contributed by atoms with Gasteiger partial charge < -0.3 is 5.32 Å². The summed E-state index contributed by atoms with van der Waals surface area (Å²) >= 11 is 5.79. The maximum Gasteiger partial charge on any atom is 0.389 e. The Morgan fingerprint density at radius 2 is 1.94 bits per heavy atom. The minimum Gasteiger partial charge on any atom is -0.313 e. The summed E-state index contributed by atoms with van der Waals surface area (Å²) in [5.74, 6) is -0.415. The van der Waals surface area contributed by atoms with Crippen molar-refractivity contribution in [3.05, 3.63) is 34.6 Å². The van der Waals surface area contributed by atoms with Crippen molar-refractivity contribution >= 4 is 11.6 Å². The van der Waals surface area contributed by atoms with Crippen LogP contribution in [0.2, 0.25) is 5.02 Å². The number of rotatable bonds is 5. The lowest BCUT2D eigenvalue weighted by molar-refractivity contribution is -0.135. The number of hydrogen-bond acceptors (Lipinski definition) is 1. The van der Waals surface area contributed by atoms with Gasteiger partial charge in [-0.15, -0.1) is 0 Å². The molecule has 0 radical (unpaired) electrons. The molecule has 0 saturated heterocycles. The van der Waals surface area contributed by atoms with Gasteiger partial charge in [-0.3, -0.25) is 0 Å². The van der Waals surface area contributed by atoms with Crippen LogP contribution in [0.3, 0.4) is 0 Å². The normalized spacial score (nSPS) is 11.8. The van der Waals surface area contributed by atoms with Crippen molar-refractivity contribution in [3.8, 4) is 0 Å². The Hall–Kier alpha value is -0.810. The lowest BCUT2D eigenvalue weighted by Gasteiger charge is -2.08. The van der Waals surface area contributed by atoms with E-state index in [4.69, 9.17) is 11.6 Å². The minimum absolute atomic E-state index is 0.00354. The first-order chi connectivity index (χ1) is 7.88. The molecule has 1 nitrogen and oxygen atoms in total. The van der Waals surface area contributed by atoms with Crippen LogP contribution >= 0.6 is 11.6 Å². The summed E-state index contributed by atoms with van der Waals surface area (Å²) in [5, 5.41) is 3.19. The van der Waals surface area contributed by atoms with Gasteiger partial charge in [0.1, 0.15) is 5.82 Å². The van der Waals surface area contributed by atoms with Crippen molar-refractivity contribution in [2.45, 2.75) is 25.6 Å². The quantitative estimate of drug-likeness (QED) is 0.631. The third kappa shape index (κ3) is 5.89. The highest BCUT2D eigenvalue weighted by Gasteiger charge is 2.25. The Balaban J connectivity index is 2.29. The van der Waals surface area contributed by atoms with E-state index in [-0.39, 0.29) is 19.5 Å². The molecule has 96 valence electrons. The Morgan fingerprint density at radius 1 is 1.24 bits per heavy atom. The second-order valence-corrected chi connectivity index (χ2v) is 4.04. The maximum atomic E-state index is 12.8. The third-order valence-electron chi connectivity index (χ3n) is 2.14. The summed E-state index contributed by atoms with van der Waals surface area (Å²) < 4.78 is 48.3. The van der Waals surface area contributed by atoms with Crippen LogP contribution < -0.4 is 5.32 Å². The van der Waals surface area contributed by atoms with E-state index in [1.54, 1.807) is 0 Å². The van der Waals surface area contributed by atoms with Crippen molar-refractivity contribution in [1.82, 2.24) is 5.32 Å². The van der Waals surface area contributed by atoms with Crippen molar-refractivity contribution in [1.29, 1.82) is 0 Å². The monoisotopic (exact) mass is 269 g/mol. The molecule has 6 heteroatoms. The van der Waals surface area contributed by atoms with E-state index < -0.39 is 18.4 Å². The molecule has 1 N–H and O–H groups in total.